The summed E-state index contributed by atoms with van der Waals surface area (Å²) in [7, 11) is 0. The molecule has 2 aromatic heterocycles. The lowest BCUT2D eigenvalue weighted by atomic mass is 9.98. The Morgan fingerprint density at radius 1 is 0.412 bits per heavy atom. The van der Waals surface area contributed by atoms with Crippen LogP contribution in [-0.2, 0) is 0 Å². The fourth-order valence-corrected chi connectivity index (χ4v) is 8.14. The molecule has 0 fully saturated rings. The summed E-state index contributed by atoms with van der Waals surface area (Å²) < 4.78 is 4.97. The molecule has 0 bridgehead atoms. The van der Waals surface area contributed by atoms with Crippen molar-refractivity contribution in [1.82, 2.24) is 9.13 Å². The van der Waals surface area contributed by atoms with Crippen LogP contribution in [0.15, 0.2) is 170 Å². The lowest BCUT2D eigenvalue weighted by Gasteiger charge is -2.15. The van der Waals surface area contributed by atoms with Gasteiger partial charge in [0, 0.05) is 38.1 Å². The predicted molar refractivity (Wildman–Crippen MR) is 216 cm³/mol. The smallest absolute Gasteiger partial charge is 0.0562 e. The average molecular weight is 653 g/mol. The highest BCUT2D eigenvalue weighted by molar-refractivity contribution is 6.13. The number of fused-ring (bicyclic) bond motifs is 6. The first-order valence-electron chi connectivity index (χ1n) is 17.9. The van der Waals surface area contributed by atoms with E-state index in [0.717, 1.165) is 12.1 Å². The van der Waals surface area contributed by atoms with Crippen LogP contribution in [0, 0.1) is 5.92 Å². The van der Waals surface area contributed by atoms with E-state index in [1.165, 1.54) is 82.3 Å². The molecule has 51 heavy (non-hydrogen) atoms. The zero-order valence-electron chi connectivity index (χ0n) is 28.5. The van der Waals surface area contributed by atoms with E-state index < -0.39 is 0 Å². The summed E-state index contributed by atoms with van der Waals surface area (Å²) in [4.78, 5) is 0. The van der Waals surface area contributed by atoms with E-state index in [9.17, 15) is 0 Å². The molecule has 7 aromatic carbocycles. The van der Waals surface area contributed by atoms with Crippen molar-refractivity contribution < 1.29 is 0 Å². The lowest BCUT2D eigenvalue weighted by Crippen LogP contribution is -2.31. The van der Waals surface area contributed by atoms with Crippen LogP contribution in [0.1, 0.15) is 13.3 Å². The molecule has 10 rings (SSSR count). The molecule has 0 saturated heterocycles. The third kappa shape index (κ3) is 4.94. The van der Waals surface area contributed by atoms with Crippen LogP contribution in [0.4, 0.5) is 0 Å². The van der Waals surface area contributed by atoms with Crippen LogP contribution in [0.3, 0.4) is 0 Å². The number of rotatable bonds is 5. The number of benzene rings is 7. The molecule has 1 unspecified atom stereocenters. The third-order valence-corrected chi connectivity index (χ3v) is 10.6. The van der Waals surface area contributed by atoms with Crippen molar-refractivity contribution in [3.8, 4) is 44.8 Å². The molecule has 242 valence electrons. The Labute approximate surface area is 297 Å². The molecule has 0 saturated carbocycles. The first-order valence-corrected chi connectivity index (χ1v) is 17.9. The van der Waals surface area contributed by atoms with Gasteiger partial charge in [-0.3, -0.25) is 0 Å². The highest BCUT2D eigenvalue weighted by Gasteiger charge is 2.20. The van der Waals surface area contributed by atoms with E-state index in [1.807, 2.05) is 0 Å². The topological polar surface area (TPSA) is 9.86 Å². The van der Waals surface area contributed by atoms with Gasteiger partial charge in [-0.1, -0.05) is 140 Å². The summed E-state index contributed by atoms with van der Waals surface area (Å²) in [5.74, 6) is 0.479. The summed E-state index contributed by atoms with van der Waals surface area (Å²) >= 11 is 0. The van der Waals surface area contributed by atoms with E-state index in [4.69, 9.17) is 0 Å². The number of aromatic nitrogens is 2. The van der Waals surface area contributed by atoms with Crippen molar-refractivity contribution in [3.63, 3.8) is 0 Å². The molecule has 2 heterocycles. The van der Waals surface area contributed by atoms with Gasteiger partial charge in [0.2, 0.25) is 0 Å². The Morgan fingerprint density at radius 3 is 1.61 bits per heavy atom. The van der Waals surface area contributed by atoms with Crippen LogP contribution in [0.2, 0.25) is 0 Å². The quantitative estimate of drug-likeness (QED) is 0.175. The van der Waals surface area contributed by atoms with E-state index in [1.54, 1.807) is 0 Å². The Bertz CT molecular complexity index is 2800. The van der Waals surface area contributed by atoms with Crippen molar-refractivity contribution in [2.45, 2.75) is 13.3 Å². The molecule has 1 atom stereocenters. The van der Waals surface area contributed by atoms with E-state index in [0.29, 0.717) is 5.92 Å². The van der Waals surface area contributed by atoms with E-state index >= 15 is 0 Å². The van der Waals surface area contributed by atoms with Crippen LogP contribution in [-0.4, -0.2) is 9.13 Å². The minimum atomic E-state index is 0.479. The third-order valence-electron chi connectivity index (χ3n) is 10.6. The maximum Gasteiger partial charge on any atom is 0.0562 e. The van der Waals surface area contributed by atoms with Gasteiger partial charge in [-0.15, -0.1) is 0 Å². The molecule has 0 radical (unpaired) electrons. The van der Waals surface area contributed by atoms with Gasteiger partial charge in [0.1, 0.15) is 0 Å². The minimum absolute atomic E-state index is 0.479. The van der Waals surface area contributed by atoms with Crippen LogP contribution in [0.25, 0.3) is 89.6 Å². The molecule has 0 N–H and O–H groups in total. The number of hydrogen-bond acceptors (Lipinski definition) is 0. The molecule has 0 amide bonds. The largest absolute Gasteiger partial charge is 0.309 e. The standard InChI is InChI=1S/C49H36N2/c1-33-21-26-47-43(27-33)45-31-44-42-19-11-12-20-46(42)50(40-24-22-37(23-25-40)34-13-5-2-6-14-34)48(44)32-49(45)51(47)41-29-38(35-15-7-3-8-16-35)28-39(30-41)36-17-9-4-10-18-36/h2-20,22-33H,21H2,1H3. The molecule has 2 nitrogen and oxygen atoms in total. The van der Waals surface area contributed by atoms with E-state index in [-0.39, 0.29) is 0 Å². The van der Waals surface area contributed by atoms with Gasteiger partial charge in [0.25, 0.3) is 0 Å². The molecule has 0 aliphatic heterocycles. The monoisotopic (exact) mass is 652 g/mol. The maximum absolute atomic E-state index is 2.52. The SMILES string of the molecule is CC1C=c2c(n(-c3cc(-c4ccccc4)cc(-c4ccccc4)c3)c3cc4c(cc23)c2ccccc2n4-c2ccc(-c3ccccc3)cc2)=CC1. The number of hydrogen-bond donors (Lipinski definition) is 0. The van der Waals surface area contributed by atoms with Crippen molar-refractivity contribution in [2.24, 2.45) is 5.92 Å². The first kappa shape index (κ1) is 29.5. The molecule has 0 spiro atoms. The van der Waals surface area contributed by atoms with Gasteiger partial charge in [-0.25, -0.2) is 0 Å². The second-order valence-corrected chi connectivity index (χ2v) is 13.9. The molecular weight excluding hydrogens is 617 g/mol. The Kier molecular flexibility index (Phi) is 6.89. The van der Waals surface area contributed by atoms with Gasteiger partial charge in [0.05, 0.1) is 16.6 Å². The van der Waals surface area contributed by atoms with Crippen molar-refractivity contribution >= 4 is 44.9 Å². The normalized spacial score (nSPS) is 14.0. The van der Waals surface area contributed by atoms with Crippen LogP contribution < -0.4 is 10.6 Å². The van der Waals surface area contributed by atoms with Gasteiger partial charge in [0.15, 0.2) is 0 Å². The maximum atomic E-state index is 2.52. The van der Waals surface area contributed by atoms with Gasteiger partial charge >= 0.3 is 0 Å². The summed E-state index contributed by atoms with van der Waals surface area (Å²) in [6.45, 7) is 2.33. The second-order valence-electron chi connectivity index (χ2n) is 13.9. The summed E-state index contributed by atoms with van der Waals surface area (Å²) in [6.07, 6.45) is 5.97. The minimum Gasteiger partial charge on any atom is -0.309 e. The zero-order chi connectivity index (χ0) is 33.9. The second kappa shape index (κ2) is 11.9. The molecular formula is C49H36N2. The average Bonchev–Trinajstić information content (AvgIpc) is 3.69. The Balaban J connectivity index is 1.27. The molecule has 1 aliphatic rings. The fourth-order valence-electron chi connectivity index (χ4n) is 8.14. The Hall–Kier alpha value is -6.38. The summed E-state index contributed by atoms with van der Waals surface area (Å²) in [5.41, 5.74) is 13.3. The van der Waals surface area contributed by atoms with Crippen molar-refractivity contribution in [2.75, 3.05) is 0 Å². The van der Waals surface area contributed by atoms with E-state index in [2.05, 4.69) is 198 Å². The van der Waals surface area contributed by atoms with Crippen molar-refractivity contribution in [3.05, 3.63) is 180 Å². The molecule has 1 aliphatic carbocycles. The van der Waals surface area contributed by atoms with Gasteiger partial charge in [-0.05, 0) is 94.3 Å². The van der Waals surface area contributed by atoms with Crippen molar-refractivity contribution in [1.29, 1.82) is 0 Å². The summed E-state index contributed by atoms with van der Waals surface area (Å²) in [5, 5.41) is 6.46. The Morgan fingerprint density at radius 2 is 0.961 bits per heavy atom. The van der Waals surface area contributed by atoms with Gasteiger partial charge < -0.3 is 9.13 Å². The molecule has 9 aromatic rings. The van der Waals surface area contributed by atoms with Crippen LogP contribution in [0.5, 0.6) is 0 Å². The lowest BCUT2D eigenvalue weighted by molar-refractivity contribution is 0.795. The highest BCUT2D eigenvalue weighted by Crippen LogP contribution is 2.37. The highest BCUT2D eigenvalue weighted by atomic mass is 15.0. The number of para-hydroxylation sites is 1. The molecule has 2 heteroatoms. The summed E-state index contributed by atoms with van der Waals surface area (Å²) in [6, 6.07) is 62.0. The fraction of sp³-hybridized carbons (Fsp3) is 0.0612. The first-order chi connectivity index (χ1) is 25.2. The zero-order valence-corrected chi connectivity index (χ0v) is 28.5. The van der Waals surface area contributed by atoms with Crippen LogP contribution >= 0.6 is 0 Å². The predicted octanol–water partition coefficient (Wildman–Crippen LogP) is 11.3. The van der Waals surface area contributed by atoms with Gasteiger partial charge in [-0.2, -0.15) is 0 Å². The number of nitrogens with zero attached hydrogens (tertiary/aromatic N) is 2.